The van der Waals surface area contributed by atoms with Crippen LogP contribution in [0.2, 0.25) is 0 Å². The molecule has 0 aliphatic heterocycles. The zero-order valence-corrected chi connectivity index (χ0v) is 36.9. The predicted molar refractivity (Wildman–Crippen MR) is 274 cm³/mol. The van der Waals surface area contributed by atoms with Gasteiger partial charge in [-0.2, -0.15) is 0 Å². The molecular formula is C64H45NO. The Morgan fingerprint density at radius 3 is 1.56 bits per heavy atom. The van der Waals surface area contributed by atoms with Gasteiger partial charge in [0.1, 0.15) is 11.2 Å². The molecule has 13 rings (SSSR count). The molecule has 1 spiro atoms. The highest BCUT2D eigenvalue weighted by Crippen LogP contribution is 2.62. The number of anilines is 3. The fraction of sp³-hybridized carbons (Fsp3) is 0.0625. The molecule has 0 bridgehead atoms. The lowest BCUT2D eigenvalue weighted by Gasteiger charge is -2.46. The monoisotopic (exact) mass is 843 g/mol. The summed E-state index contributed by atoms with van der Waals surface area (Å²) in [5, 5.41) is 2.26. The summed E-state index contributed by atoms with van der Waals surface area (Å²) in [5.74, 6) is 0. The Hall–Kier alpha value is -8.20. The Labute approximate surface area is 385 Å². The van der Waals surface area contributed by atoms with Crippen molar-refractivity contribution in [2.45, 2.75) is 24.7 Å². The largest absolute Gasteiger partial charge is 0.455 e. The molecule has 312 valence electrons. The molecule has 2 aliphatic rings. The van der Waals surface area contributed by atoms with Crippen LogP contribution in [0.4, 0.5) is 17.1 Å². The molecule has 1 aromatic heterocycles. The van der Waals surface area contributed by atoms with Crippen molar-refractivity contribution in [1.82, 2.24) is 0 Å². The molecule has 0 saturated carbocycles. The maximum atomic E-state index is 6.52. The van der Waals surface area contributed by atoms with E-state index in [0.717, 1.165) is 55.7 Å². The summed E-state index contributed by atoms with van der Waals surface area (Å²) >= 11 is 0. The van der Waals surface area contributed by atoms with Crippen LogP contribution < -0.4 is 4.90 Å². The fourth-order valence-corrected chi connectivity index (χ4v) is 11.5. The van der Waals surface area contributed by atoms with Crippen LogP contribution in [0.25, 0.3) is 66.4 Å². The molecule has 11 aromatic rings. The molecule has 0 unspecified atom stereocenters. The number of nitrogens with zero attached hydrogens (tertiary/aromatic N) is 1. The molecular weight excluding hydrogens is 799 g/mol. The van der Waals surface area contributed by atoms with Crippen molar-refractivity contribution in [3.8, 4) is 44.5 Å². The van der Waals surface area contributed by atoms with Crippen LogP contribution in [0, 0.1) is 0 Å². The molecule has 10 aromatic carbocycles. The topological polar surface area (TPSA) is 16.4 Å². The van der Waals surface area contributed by atoms with Crippen molar-refractivity contribution in [3.05, 3.63) is 270 Å². The lowest BCUT2D eigenvalue weighted by Crippen LogP contribution is -2.40. The highest BCUT2D eigenvalue weighted by Gasteiger charge is 2.53. The van der Waals surface area contributed by atoms with Crippen LogP contribution in [0.5, 0.6) is 0 Å². The summed E-state index contributed by atoms with van der Waals surface area (Å²) < 4.78 is 6.52. The van der Waals surface area contributed by atoms with Gasteiger partial charge in [-0.05, 0) is 115 Å². The van der Waals surface area contributed by atoms with Gasteiger partial charge in [0.15, 0.2) is 0 Å². The summed E-state index contributed by atoms with van der Waals surface area (Å²) in [4.78, 5) is 2.44. The third-order valence-electron chi connectivity index (χ3n) is 14.6. The average molecular weight is 844 g/mol. The zero-order valence-electron chi connectivity index (χ0n) is 36.9. The summed E-state index contributed by atoms with van der Waals surface area (Å²) in [6.45, 7) is 4.77. The van der Waals surface area contributed by atoms with Crippen LogP contribution in [0.1, 0.15) is 47.2 Å². The average Bonchev–Trinajstić information content (AvgIpc) is 3.91. The normalized spacial score (nSPS) is 13.8. The second-order valence-corrected chi connectivity index (χ2v) is 18.4. The fourth-order valence-electron chi connectivity index (χ4n) is 11.5. The molecule has 0 N–H and O–H groups in total. The number of hydrogen-bond acceptors (Lipinski definition) is 2. The van der Waals surface area contributed by atoms with Gasteiger partial charge in [-0.15, -0.1) is 0 Å². The molecule has 2 aliphatic carbocycles. The van der Waals surface area contributed by atoms with Gasteiger partial charge in [-0.25, -0.2) is 0 Å². The van der Waals surface area contributed by atoms with Crippen molar-refractivity contribution in [2.24, 2.45) is 0 Å². The summed E-state index contributed by atoms with van der Waals surface area (Å²) in [6, 6.07) is 87.0. The first-order chi connectivity index (χ1) is 32.5. The molecule has 0 saturated heterocycles. The van der Waals surface area contributed by atoms with E-state index in [2.05, 4.69) is 249 Å². The third kappa shape index (κ3) is 5.61. The molecule has 2 heteroatoms. The minimum atomic E-state index is -0.506. The lowest BCUT2D eigenvalue weighted by atomic mass is 9.55. The Balaban J connectivity index is 1.01. The number of fused-ring (bicyclic) bond motifs is 12. The Morgan fingerprint density at radius 2 is 0.818 bits per heavy atom. The van der Waals surface area contributed by atoms with Gasteiger partial charge in [0.2, 0.25) is 0 Å². The summed E-state index contributed by atoms with van der Waals surface area (Å²) in [7, 11) is 0. The van der Waals surface area contributed by atoms with Crippen molar-refractivity contribution in [2.75, 3.05) is 4.90 Å². The van der Waals surface area contributed by atoms with Crippen LogP contribution in [-0.2, 0) is 10.8 Å². The van der Waals surface area contributed by atoms with Crippen molar-refractivity contribution in [3.63, 3.8) is 0 Å². The van der Waals surface area contributed by atoms with Gasteiger partial charge < -0.3 is 9.32 Å². The van der Waals surface area contributed by atoms with E-state index in [1.807, 2.05) is 6.07 Å². The van der Waals surface area contributed by atoms with E-state index < -0.39 is 5.41 Å². The molecule has 66 heavy (non-hydrogen) atoms. The second kappa shape index (κ2) is 14.7. The minimum absolute atomic E-state index is 0.173. The predicted octanol–water partition coefficient (Wildman–Crippen LogP) is 17.1. The van der Waals surface area contributed by atoms with Gasteiger partial charge in [0, 0.05) is 38.8 Å². The van der Waals surface area contributed by atoms with E-state index in [1.54, 1.807) is 0 Å². The molecule has 0 amide bonds. The molecule has 0 atom stereocenters. The van der Waals surface area contributed by atoms with Crippen LogP contribution in [0.3, 0.4) is 0 Å². The first-order valence-corrected chi connectivity index (χ1v) is 23.0. The van der Waals surface area contributed by atoms with E-state index >= 15 is 0 Å². The number of rotatable bonds is 6. The van der Waals surface area contributed by atoms with Crippen LogP contribution in [0.15, 0.2) is 241 Å². The van der Waals surface area contributed by atoms with Crippen molar-refractivity contribution in [1.29, 1.82) is 0 Å². The number of furan rings is 1. The minimum Gasteiger partial charge on any atom is -0.455 e. The van der Waals surface area contributed by atoms with Gasteiger partial charge in [0.05, 0.1) is 5.41 Å². The zero-order chi connectivity index (χ0) is 44.0. The van der Waals surface area contributed by atoms with E-state index in [-0.39, 0.29) is 5.41 Å². The molecule has 1 heterocycles. The maximum Gasteiger partial charge on any atom is 0.143 e. The standard InChI is InChI=1S/C64H45NO/c1-63(2)56-25-9-11-27-58(56)64(59-28-12-10-26-57(59)63)55-24-8-6-20-51(55)52-39-38-49(41-60(52)64)65(48-19-14-18-46(40-48)44-32-30-43(31-33-44)42-16-4-3-5-17-42)47-36-34-45(35-37-47)50-22-15-23-54-53-21-7-13-29-61(53)66-62(50)54/h3-41H,1-2H3. The smallest absolute Gasteiger partial charge is 0.143 e. The SMILES string of the molecule is CC1(C)c2ccccc2C2(c3ccccc3-c3ccc(N(c4ccc(-c5cccc6c5oc5ccccc56)cc4)c4cccc(-c5ccc(-c6ccccc6)cc5)c4)cc32)c2ccccc21. The van der Waals surface area contributed by atoms with Gasteiger partial charge in [0.25, 0.3) is 0 Å². The highest BCUT2D eigenvalue weighted by molar-refractivity contribution is 6.09. The first-order valence-electron chi connectivity index (χ1n) is 23.0. The number of para-hydroxylation sites is 2. The van der Waals surface area contributed by atoms with E-state index in [0.29, 0.717) is 0 Å². The van der Waals surface area contributed by atoms with Gasteiger partial charge in [-0.1, -0.05) is 208 Å². The van der Waals surface area contributed by atoms with Gasteiger partial charge in [-0.3, -0.25) is 0 Å². The maximum absolute atomic E-state index is 6.52. The van der Waals surface area contributed by atoms with Crippen LogP contribution in [-0.4, -0.2) is 0 Å². The summed E-state index contributed by atoms with van der Waals surface area (Å²) in [5.41, 5.74) is 22.0. The van der Waals surface area contributed by atoms with Gasteiger partial charge >= 0.3 is 0 Å². The lowest BCUT2D eigenvalue weighted by molar-refractivity contribution is 0.563. The van der Waals surface area contributed by atoms with Crippen molar-refractivity contribution >= 4 is 39.0 Å². The molecule has 0 fully saturated rings. The van der Waals surface area contributed by atoms with Crippen LogP contribution >= 0.6 is 0 Å². The molecule has 2 nitrogen and oxygen atoms in total. The van der Waals surface area contributed by atoms with E-state index in [1.165, 1.54) is 61.2 Å². The first kappa shape index (κ1) is 38.3. The Morgan fingerprint density at radius 1 is 0.318 bits per heavy atom. The summed E-state index contributed by atoms with van der Waals surface area (Å²) in [6.07, 6.45) is 0. The molecule has 0 radical (unpaired) electrons. The van der Waals surface area contributed by atoms with E-state index in [4.69, 9.17) is 4.42 Å². The Kier molecular flexibility index (Phi) is 8.51. The quantitative estimate of drug-likeness (QED) is 0.166. The third-order valence-corrected chi connectivity index (χ3v) is 14.6. The highest BCUT2D eigenvalue weighted by atomic mass is 16.3. The van der Waals surface area contributed by atoms with Crippen molar-refractivity contribution < 1.29 is 4.42 Å². The second-order valence-electron chi connectivity index (χ2n) is 18.4. The number of benzene rings is 10. The Bertz CT molecular complexity index is 3620. The number of hydrogen-bond donors (Lipinski definition) is 0. The van der Waals surface area contributed by atoms with E-state index in [9.17, 15) is 0 Å².